The number of aliphatic imine (C=N–C) groups is 1. The second-order valence-electron chi connectivity index (χ2n) is 6.85. The summed E-state index contributed by atoms with van der Waals surface area (Å²) in [6.07, 6.45) is 2.34. The molecule has 0 aliphatic heterocycles. The second-order valence-corrected chi connectivity index (χ2v) is 7.03. The zero-order chi connectivity index (χ0) is 22.4. The summed E-state index contributed by atoms with van der Waals surface area (Å²) in [6.45, 7) is 2.00. The van der Waals surface area contributed by atoms with E-state index in [9.17, 15) is 17.6 Å². The molecule has 0 N–H and O–H groups in total. The van der Waals surface area contributed by atoms with Gasteiger partial charge in [-0.15, -0.1) is 0 Å². The van der Waals surface area contributed by atoms with Gasteiger partial charge in [0.2, 0.25) is 0 Å². The molecule has 31 heavy (non-hydrogen) atoms. The highest BCUT2D eigenvalue weighted by Crippen LogP contribution is 2.28. The maximum atomic E-state index is 14.6. The Morgan fingerprint density at radius 1 is 0.839 bits per heavy atom. The number of benzene rings is 3. The summed E-state index contributed by atoms with van der Waals surface area (Å²) in [5.74, 6) is 2.23. The molecule has 0 saturated carbocycles. The van der Waals surface area contributed by atoms with Crippen LogP contribution < -0.4 is 0 Å². The van der Waals surface area contributed by atoms with Crippen LogP contribution in [0.2, 0.25) is 0 Å². The van der Waals surface area contributed by atoms with Crippen LogP contribution in [0.4, 0.5) is 23.2 Å². The average Bonchev–Trinajstić information content (AvgIpc) is 2.73. The number of halogens is 4. The van der Waals surface area contributed by atoms with Gasteiger partial charge in [-0.3, -0.25) is 0 Å². The highest BCUT2D eigenvalue weighted by atomic mass is 32.1. The quantitative estimate of drug-likeness (QED) is 0.175. The molecule has 0 fully saturated rings. The van der Waals surface area contributed by atoms with Crippen molar-refractivity contribution in [3.8, 4) is 23.0 Å². The smallest absolute Gasteiger partial charge is 0.150 e. The standard InChI is InChI=1S/C25H17F4NS/c1-2-3-4-17-12-22(27)20(23(28)13-17)9-6-16-5-8-19(21(26)11-16)18-7-10-25(30-15-31)24(29)14-18/h5,7-8,10-14H,2-4H2,1H3. The molecule has 0 atom stereocenters. The molecule has 0 amide bonds. The fourth-order valence-electron chi connectivity index (χ4n) is 3.05. The fraction of sp³-hybridized carbons (Fsp3) is 0.160. The van der Waals surface area contributed by atoms with Gasteiger partial charge in [0.15, 0.2) is 0 Å². The zero-order valence-electron chi connectivity index (χ0n) is 16.6. The van der Waals surface area contributed by atoms with Crippen molar-refractivity contribution in [3.05, 3.63) is 88.5 Å². The summed E-state index contributed by atoms with van der Waals surface area (Å²) >= 11 is 4.45. The number of rotatable bonds is 5. The molecule has 0 aliphatic rings. The minimum absolute atomic E-state index is 0.00594. The van der Waals surface area contributed by atoms with Gasteiger partial charge in [0.05, 0.1) is 10.7 Å². The minimum atomic E-state index is -0.745. The number of isothiocyanates is 1. The van der Waals surface area contributed by atoms with Crippen molar-refractivity contribution in [3.63, 3.8) is 0 Å². The number of nitrogens with zero attached hydrogens (tertiary/aromatic N) is 1. The van der Waals surface area contributed by atoms with Crippen LogP contribution in [0, 0.1) is 35.1 Å². The van der Waals surface area contributed by atoms with E-state index >= 15 is 0 Å². The molecule has 1 nitrogen and oxygen atoms in total. The lowest BCUT2D eigenvalue weighted by atomic mass is 10.0. The molecule has 0 aromatic heterocycles. The second kappa shape index (κ2) is 10.2. The molecule has 0 unspecified atom stereocenters. The summed E-state index contributed by atoms with van der Waals surface area (Å²) in [6, 6.07) is 10.6. The van der Waals surface area contributed by atoms with Crippen LogP contribution in [0.15, 0.2) is 53.5 Å². The summed E-state index contributed by atoms with van der Waals surface area (Å²) in [5, 5.41) is 2.08. The minimum Gasteiger partial charge on any atom is -0.206 e. The van der Waals surface area contributed by atoms with E-state index in [1.165, 1.54) is 36.4 Å². The van der Waals surface area contributed by atoms with Gasteiger partial charge in [0.25, 0.3) is 0 Å². The lowest BCUT2D eigenvalue weighted by Gasteiger charge is -2.06. The Morgan fingerprint density at radius 2 is 1.58 bits per heavy atom. The summed E-state index contributed by atoms with van der Waals surface area (Å²) in [4.78, 5) is 3.58. The molecule has 0 saturated heterocycles. The van der Waals surface area contributed by atoms with Crippen molar-refractivity contribution in [1.82, 2.24) is 0 Å². The number of thiocarbonyl (C=S) groups is 1. The molecular formula is C25H17F4NS. The van der Waals surface area contributed by atoms with Crippen molar-refractivity contribution in [2.45, 2.75) is 26.2 Å². The Morgan fingerprint density at radius 3 is 2.19 bits per heavy atom. The lowest BCUT2D eigenvalue weighted by molar-refractivity contribution is 0.572. The third kappa shape index (κ3) is 5.46. The van der Waals surface area contributed by atoms with Gasteiger partial charge in [-0.1, -0.05) is 37.3 Å². The maximum absolute atomic E-state index is 14.6. The van der Waals surface area contributed by atoms with Gasteiger partial charge in [-0.05, 0) is 72.6 Å². The number of aryl methyl sites for hydroxylation is 1. The van der Waals surface area contributed by atoms with Crippen LogP contribution in [0.3, 0.4) is 0 Å². The van der Waals surface area contributed by atoms with Gasteiger partial charge in [-0.2, -0.15) is 4.99 Å². The molecule has 0 spiro atoms. The molecule has 3 aromatic carbocycles. The van der Waals surface area contributed by atoms with Crippen LogP contribution >= 0.6 is 12.2 Å². The van der Waals surface area contributed by atoms with E-state index in [0.717, 1.165) is 25.0 Å². The molecule has 0 heterocycles. The molecular weight excluding hydrogens is 422 g/mol. The first kappa shape index (κ1) is 22.4. The Balaban J connectivity index is 1.88. The van der Waals surface area contributed by atoms with Crippen molar-refractivity contribution in [2.24, 2.45) is 4.99 Å². The summed E-state index contributed by atoms with van der Waals surface area (Å²) in [7, 11) is 0. The van der Waals surface area contributed by atoms with Gasteiger partial charge in [0.1, 0.15) is 29.0 Å². The predicted molar refractivity (Wildman–Crippen MR) is 117 cm³/mol. The topological polar surface area (TPSA) is 12.4 Å². The highest BCUT2D eigenvalue weighted by Gasteiger charge is 2.11. The molecule has 0 bridgehead atoms. The Kier molecular flexibility index (Phi) is 7.36. The van der Waals surface area contributed by atoms with E-state index in [1.807, 2.05) is 6.92 Å². The fourth-order valence-corrected chi connectivity index (χ4v) is 3.14. The van der Waals surface area contributed by atoms with Gasteiger partial charge < -0.3 is 0 Å². The first-order chi connectivity index (χ1) is 14.9. The van der Waals surface area contributed by atoms with Crippen LogP contribution in [0.1, 0.15) is 36.5 Å². The van der Waals surface area contributed by atoms with Gasteiger partial charge in [0, 0.05) is 11.1 Å². The largest absolute Gasteiger partial charge is 0.206 e. The first-order valence-corrected chi connectivity index (χ1v) is 10.0. The molecule has 6 heteroatoms. The lowest BCUT2D eigenvalue weighted by Crippen LogP contribution is -1.95. The van der Waals surface area contributed by atoms with E-state index in [2.05, 4.69) is 34.2 Å². The average molecular weight is 439 g/mol. The van der Waals surface area contributed by atoms with Crippen molar-refractivity contribution < 1.29 is 17.6 Å². The van der Waals surface area contributed by atoms with E-state index in [-0.39, 0.29) is 22.4 Å². The summed E-state index contributed by atoms with van der Waals surface area (Å²) < 4.78 is 57.1. The number of hydrogen-bond acceptors (Lipinski definition) is 2. The van der Waals surface area contributed by atoms with E-state index < -0.39 is 23.3 Å². The molecule has 156 valence electrons. The third-order valence-corrected chi connectivity index (χ3v) is 4.74. The molecule has 3 aromatic rings. The third-order valence-electron chi connectivity index (χ3n) is 4.65. The number of hydrogen-bond donors (Lipinski definition) is 0. The zero-order valence-corrected chi connectivity index (χ0v) is 17.4. The van der Waals surface area contributed by atoms with Crippen LogP contribution in [0.5, 0.6) is 0 Å². The highest BCUT2D eigenvalue weighted by molar-refractivity contribution is 7.78. The van der Waals surface area contributed by atoms with Crippen molar-refractivity contribution in [2.75, 3.05) is 0 Å². The molecule has 0 aliphatic carbocycles. The van der Waals surface area contributed by atoms with E-state index in [1.54, 1.807) is 0 Å². The Bertz CT molecular complexity index is 1210. The normalized spacial score (nSPS) is 10.2. The van der Waals surface area contributed by atoms with Crippen LogP contribution in [-0.4, -0.2) is 5.16 Å². The van der Waals surface area contributed by atoms with Gasteiger partial charge >= 0.3 is 0 Å². The van der Waals surface area contributed by atoms with E-state index in [0.29, 0.717) is 17.5 Å². The van der Waals surface area contributed by atoms with Gasteiger partial charge in [-0.25, -0.2) is 17.6 Å². The monoisotopic (exact) mass is 439 g/mol. The number of unbranched alkanes of at least 4 members (excludes halogenated alkanes) is 1. The summed E-state index contributed by atoms with van der Waals surface area (Å²) in [5.41, 5.74) is 0.912. The molecule has 3 rings (SSSR count). The first-order valence-electron chi connectivity index (χ1n) is 9.60. The van der Waals surface area contributed by atoms with Crippen molar-refractivity contribution in [1.29, 1.82) is 0 Å². The van der Waals surface area contributed by atoms with Crippen molar-refractivity contribution >= 4 is 23.1 Å². The van der Waals surface area contributed by atoms with E-state index in [4.69, 9.17) is 0 Å². The van der Waals surface area contributed by atoms with Crippen LogP contribution in [0.25, 0.3) is 11.1 Å². The van der Waals surface area contributed by atoms with Crippen LogP contribution in [-0.2, 0) is 6.42 Å². The molecule has 0 radical (unpaired) electrons. The Labute approximate surface area is 183 Å². The Hall–Kier alpha value is -3.26. The maximum Gasteiger partial charge on any atom is 0.150 e. The predicted octanol–water partition coefficient (Wildman–Crippen LogP) is 7.39. The SMILES string of the molecule is CCCCc1cc(F)c(C#Cc2ccc(-c3ccc(N=C=S)c(F)c3)c(F)c2)c(F)c1.